The highest BCUT2D eigenvalue weighted by Crippen LogP contribution is 2.26. The normalized spacial score (nSPS) is 11.6. The van der Waals surface area contributed by atoms with Gasteiger partial charge in [-0.05, 0) is 30.7 Å². The summed E-state index contributed by atoms with van der Waals surface area (Å²) in [7, 11) is 0. The molecular weight excluding hydrogens is 258 g/mol. The van der Waals surface area contributed by atoms with E-state index in [0.717, 1.165) is 17.0 Å². The average Bonchev–Trinajstić information content (AvgIpc) is 2.24. The summed E-state index contributed by atoms with van der Waals surface area (Å²) in [6.45, 7) is 0.709. The minimum atomic E-state index is -4.30. The monoisotopic (exact) mass is 269 g/mol. The highest BCUT2D eigenvalue weighted by molar-refractivity contribution is 6.17. The summed E-state index contributed by atoms with van der Waals surface area (Å²) >= 11 is 5.60. The Morgan fingerprint density at radius 1 is 1.29 bits per heavy atom. The van der Waals surface area contributed by atoms with Crippen molar-refractivity contribution in [1.82, 2.24) is 0 Å². The van der Waals surface area contributed by atoms with E-state index in [-0.39, 0.29) is 12.4 Å². The van der Waals surface area contributed by atoms with Crippen molar-refractivity contribution in [3.05, 3.63) is 29.6 Å². The molecule has 0 radical (unpaired) electrons. The second-order valence-electron chi connectivity index (χ2n) is 3.54. The molecular formula is C11H12ClF4N. The fraction of sp³-hybridized carbons (Fsp3) is 0.455. The third kappa shape index (κ3) is 4.07. The summed E-state index contributed by atoms with van der Waals surface area (Å²) in [6.07, 6.45) is -4.30. The molecule has 0 spiro atoms. The Hall–Kier alpha value is -0.970. The van der Waals surface area contributed by atoms with E-state index in [0.29, 0.717) is 11.3 Å². The fourth-order valence-electron chi connectivity index (χ4n) is 1.55. The molecule has 17 heavy (non-hydrogen) atoms. The lowest BCUT2D eigenvalue weighted by Gasteiger charge is -2.26. The largest absolute Gasteiger partial charge is 0.405 e. The van der Waals surface area contributed by atoms with Gasteiger partial charge >= 0.3 is 6.18 Å². The van der Waals surface area contributed by atoms with Crippen molar-refractivity contribution in [2.45, 2.75) is 19.0 Å². The summed E-state index contributed by atoms with van der Waals surface area (Å²) < 4.78 is 50.0. The van der Waals surface area contributed by atoms with Crippen LogP contribution in [0.1, 0.15) is 12.5 Å². The van der Waals surface area contributed by atoms with E-state index in [4.69, 9.17) is 11.6 Å². The molecule has 0 heterocycles. The first-order valence-corrected chi connectivity index (χ1v) is 5.57. The molecule has 0 bridgehead atoms. The molecule has 1 nitrogen and oxygen atoms in total. The zero-order valence-electron chi connectivity index (χ0n) is 9.19. The Morgan fingerprint density at radius 2 is 1.94 bits per heavy atom. The number of hydrogen-bond donors (Lipinski definition) is 0. The molecule has 1 aromatic rings. The van der Waals surface area contributed by atoms with Crippen molar-refractivity contribution < 1.29 is 17.6 Å². The quantitative estimate of drug-likeness (QED) is 0.591. The van der Waals surface area contributed by atoms with E-state index >= 15 is 0 Å². The second kappa shape index (κ2) is 5.58. The number of rotatable bonds is 4. The van der Waals surface area contributed by atoms with Crippen molar-refractivity contribution in [2.24, 2.45) is 0 Å². The summed E-state index contributed by atoms with van der Waals surface area (Å²) in [5.74, 6) is -0.533. The smallest absolute Gasteiger partial charge is 0.363 e. The number of nitrogens with zero attached hydrogens (tertiary/aromatic N) is 1. The van der Waals surface area contributed by atoms with Gasteiger partial charge in [-0.1, -0.05) is 0 Å². The molecule has 0 atom stereocenters. The Labute approximate surface area is 102 Å². The van der Waals surface area contributed by atoms with Gasteiger partial charge in [0.05, 0.1) is 0 Å². The van der Waals surface area contributed by atoms with E-state index in [1.165, 1.54) is 6.07 Å². The van der Waals surface area contributed by atoms with E-state index in [2.05, 4.69) is 0 Å². The van der Waals surface area contributed by atoms with Crippen molar-refractivity contribution >= 4 is 17.3 Å². The van der Waals surface area contributed by atoms with Gasteiger partial charge in [0, 0.05) is 18.1 Å². The maximum Gasteiger partial charge on any atom is 0.405 e. The molecule has 0 aliphatic heterocycles. The molecule has 6 heteroatoms. The maximum absolute atomic E-state index is 12.9. The molecule has 0 N–H and O–H groups in total. The first-order valence-electron chi connectivity index (χ1n) is 5.03. The highest BCUT2D eigenvalue weighted by atomic mass is 35.5. The molecule has 0 saturated heterocycles. The van der Waals surface area contributed by atoms with Crippen LogP contribution in [0.4, 0.5) is 23.2 Å². The number of alkyl halides is 4. The van der Waals surface area contributed by atoms with Crippen LogP contribution < -0.4 is 4.90 Å². The summed E-state index contributed by atoms with van der Waals surface area (Å²) in [6, 6.07) is 3.61. The lowest BCUT2D eigenvalue weighted by atomic mass is 10.1. The van der Waals surface area contributed by atoms with Crippen LogP contribution in [0.2, 0.25) is 0 Å². The number of hydrogen-bond acceptors (Lipinski definition) is 1. The first kappa shape index (κ1) is 14.1. The van der Waals surface area contributed by atoms with Crippen LogP contribution in [0.5, 0.6) is 0 Å². The first-order chi connectivity index (χ1) is 7.87. The molecule has 0 saturated carbocycles. The van der Waals surface area contributed by atoms with Crippen LogP contribution >= 0.6 is 11.6 Å². The SMILES string of the molecule is CCN(CC(F)(F)F)c1ccc(F)cc1CCl. The fourth-order valence-corrected chi connectivity index (χ4v) is 1.77. The molecule has 1 aromatic carbocycles. The van der Waals surface area contributed by atoms with Crippen LogP contribution in [0.3, 0.4) is 0 Å². The standard InChI is InChI=1S/C11H12ClF4N/c1-2-17(7-11(14,15)16)10-4-3-9(13)5-8(10)6-12/h3-5H,2,6-7H2,1H3. The summed E-state index contributed by atoms with van der Waals surface area (Å²) in [5, 5.41) is 0. The molecule has 0 aromatic heterocycles. The van der Waals surface area contributed by atoms with Gasteiger partial charge in [0.1, 0.15) is 12.4 Å². The highest BCUT2D eigenvalue weighted by Gasteiger charge is 2.30. The Bertz CT molecular complexity index is 378. The van der Waals surface area contributed by atoms with Crippen LogP contribution in [-0.2, 0) is 5.88 Å². The summed E-state index contributed by atoms with van der Waals surface area (Å²) in [4.78, 5) is 1.12. The van der Waals surface area contributed by atoms with E-state index in [1.807, 2.05) is 0 Å². The number of halogens is 5. The van der Waals surface area contributed by atoms with Crippen molar-refractivity contribution in [3.8, 4) is 0 Å². The maximum atomic E-state index is 12.9. The Kier molecular flexibility index (Phi) is 4.62. The topological polar surface area (TPSA) is 3.24 Å². The van der Waals surface area contributed by atoms with E-state index in [9.17, 15) is 17.6 Å². The van der Waals surface area contributed by atoms with Gasteiger partial charge in [-0.2, -0.15) is 13.2 Å². The third-order valence-corrected chi connectivity index (χ3v) is 2.57. The van der Waals surface area contributed by atoms with Gasteiger partial charge < -0.3 is 4.90 Å². The minimum Gasteiger partial charge on any atom is -0.363 e. The summed E-state index contributed by atoms with van der Waals surface area (Å²) in [5.41, 5.74) is 0.680. The van der Waals surface area contributed by atoms with E-state index < -0.39 is 18.5 Å². The van der Waals surface area contributed by atoms with Crippen molar-refractivity contribution in [3.63, 3.8) is 0 Å². The van der Waals surface area contributed by atoms with Gasteiger partial charge in [0.15, 0.2) is 0 Å². The Balaban J connectivity index is 3.03. The molecule has 96 valence electrons. The number of benzene rings is 1. The van der Waals surface area contributed by atoms with Crippen LogP contribution in [0.25, 0.3) is 0 Å². The lowest BCUT2D eigenvalue weighted by molar-refractivity contribution is -0.119. The molecule has 0 aliphatic carbocycles. The predicted molar refractivity (Wildman–Crippen MR) is 59.9 cm³/mol. The minimum absolute atomic E-state index is 0.0263. The van der Waals surface area contributed by atoms with Gasteiger partial charge in [0.25, 0.3) is 0 Å². The molecule has 0 amide bonds. The number of anilines is 1. The molecule has 1 rings (SSSR count). The zero-order chi connectivity index (χ0) is 13.1. The van der Waals surface area contributed by atoms with Gasteiger partial charge in [-0.3, -0.25) is 0 Å². The zero-order valence-corrected chi connectivity index (χ0v) is 9.95. The molecule has 0 unspecified atom stereocenters. The van der Waals surface area contributed by atoms with Crippen LogP contribution in [-0.4, -0.2) is 19.3 Å². The predicted octanol–water partition coefficient (Wildman–Crippen LogP) is 3.95. The van der Waals surface area contributed by atoms with Gasteiger partial charge in [-0.25, -0.2) is 4.39 Å². The van der Waals surface area contributed by atoms with Crippen molar-refractivity contribution in [2.75, 3.05) is 18.0 Å². The molecule has 0 aliphatic rings. The second-order valence-corrected chi connectivity index (χ2v) is 3.80. The Morgan fingerprint density at radius 3 is 2.41 bits per heavy atom. The van der Waals surface area contributed by atoms with Gasteiger partial charge in [0.2, 0.25) is 0 Å². The molecule has 0 fully saturated rings. The van der Waals surface area contributed by atoms with Crippen LogP contribution in [0, 0.1) is 5.82 Å². The van der Waals surface area contributed by atoms with Crippen LogP contribution in [0.15, 0.2) is 18.2 Å². The third-order valence-electron chi connectivity index (χ3n) is 2.28. The van der Waals surface area contributed by atoms with Gasteiger partial charge in [-0.15, -0.1) is 11.6 Å². The van der Waals surface area contributed by atoms with E-state index in [1.54, 1.807) is 6.92 Å². The average molecular weight is 270 g/mol. The lowest BCUT2D eigenvalue weighted by Crippen LogP contribution is -2.34. The van der Waals surface area contributed by atoms with Crippen molar-refractivity contribution in [1.29, 1.82) is 0 Å².